The Labute approximate surface area is 179 Å². The summed E-state index contributed by atoms with van der Waals surface area (Å²) in [6, 6.07) is 16.0. The van der Waals surface area contributed by atoms with Crippen molar-refractivity contribution in [1.29, 1.82) is 0 Å². The van der Waals surface area contributed by atoms with E-state index in [4.69, 9.17) is 0 Å². The van der Waals surface area contributed by atoms with Gasteiger partial charge in [0.2, 0.25) is 5.91 Å². The molecule has 2 amide bonds. The van der Waals surface area contributed by atoms with E-state index in [1.54, 1.807) is 24.3 Å². The van der Waals surface area contributed by atoms with Crippen LogP contribution in [0.25, 0.3) is 0 Å². The number of hydrogen-bond donors (Lipinski definition) is 3. The van der Waals surface area contributed by atoms with Crippen molar-refractivity contribution in [2.75, 3.05) is 0 Å². The first kappa shape index (κ1) is 21.6. The van der Waals surface area contributed by atoms with E-state index < -0.39 is 29.9 Å². The van der Waals surface area contributed by atoms with Gasteiger partial charge in [-0.1, -0.05) is 60.7 Å². The van der Waals surface area contributed by atoms with Crippen LogP contribution in [0.5, 0.6) is 0 Å². The maximum atomic E-state index is 13.0. The normalized spacial score (nSPS) is 12.4. The minimum atomic E-state index is -1.16. The van der Waals surface area contributed by atoms with Gasteiger partial charge in [-0.05, 0) is 11.1 Å². The average Bonchev–Trinajstić information content (AvgIpc) is 2.80. The number of nitrogens with one attached hydrogen (secondary N) is 2. The van der Waals surface area contributed by atoms with Crippen molar-refractivity contribution in [3.63, 3.8) is 0 Å². The summed E-state index contributed by atoms with van der Waals surface area (Å²) in [4.78, 5) is 45.1. The smallest absolute Gasteiger partial charge is 0.326 e. The van der Waals surface area contributed by atoms with Gasteiger partial charge in [0, 0.05) is 25.2 Å². The number of aliphatic carboxylic acids is 1. The van der Waals surface area contributed by atoms with Crippen LogP contribution in [0.15, 0.2) is 79.3 Å². The average molecular weight is 418 g/mol. The lowest BCUT2D eigenvalue weighted by atomic mass is 10.0. The van der Waals surface area contributed by atoms with E-state index in [1.807, 2.05) is 36.4 Å². The third kappa shape index (κ3) is 6.46. The molecule has 0 aliphatic heterocycles. The fraction of sp³-hybridized carbons (Fsp3) is 0.174. The van der Waals surface area contributed by atoms with Crippen LogP contribution in [-0.2, 0) is 22.4 Å². The Morgan fingerprint density at radius 1 is 0.806 bits per heavy atom. The van der Waals surface area contributed by atoms with E-state index >= 15 is 0 Å². The topological polar surface area (TPSA) is 121 Å². The standard InChI is InChI=1S/C23H22N4O4/c28-21(27-19(23(30)31)14-17-9-5-2-6-10-17)18(13-16-7-3-1-4-8-16)26-22(29)20-15-24-11-12-25-20/h1-12,15,18-19H,13-14H2,(H,26,29)(H,27,28)(H,30,31)/t18-,19-/m0/s1. The van der Waals surface area contributed by atoms with E-state index in [0.717, 1.165) is 11.1 Å². The van der Waals surface area contributed by atoms with Crippen molar-refractivity contribution in [1.82, 2.24) is 20.6 Å². The van der Waals surface area contributed by atoms with E-state index in [0.29, 0.717) is 0 Å². The Kier molecular flexibility index (Phi) is 7.42. The monoisotopic (exact) mass is 418 g/mol. The Morgan fingerprint density at radius 3 is 1.90 bits per heavy atom. The number of carbonyl (C=O) groups is 3. The van der Waals surface area contributed by atoms with E-state index in [2.05, 4.69) is 20.6 Å². The molecule has 31 heavy (non-hydrogen) atoms. The molecule has 2 atom stereocenters. The molecule has 0 unspecified atom stereocenters. The summed E-state index contributed by atoms with van der Waals surface area (Å²) in [5.74, 6) is -2.32. The van der Waals surface area contributed by atoms with Gasteiger partial charge in [0.25, 0.3) is 5.91 Å². The summed E-state index contributed by atoms with van der Waals surface area (Å²) in [5.41, 5.74) is 1.66. The highest BCUT2D eigenvalue weighted by atomic mass is 16.4. The van der Waals surface area contributed by atoms with Gasteiger partial charge < -0.3 is 15.7 Å². The van der Waals surface area contributed by atoms with Gasteiger partial charge in [-0.2, -0.15) is 0 Å². The zero-order valence-corrected chi connectivity index (χ0v) is 16.6. The lowest BCUT2D eigenvalue weighted by Gasteiger charge is -2.21. The highest BCUT2D eigenvalue weighted by Gasteiger charge is 2.27. The van der Waals surface area contributed by atoms with Crippen molar-refractivity contribution in [3.05, 3.63) is 96.1 Å². The SMILES string of the molecule is O=C(N[C@@H](Cc1ccccc1)C(=O)N[C@@H](Cc1ccccc1)C(=O)O)c1cnccn1. The molecular weight excluding hydrogens is 396 g/mol. The maximum Gasteiger partial charge on any atom is 0.326 e. The molecule has 0 bridgehead atoms. The molecule has 0 saturated heterocycles. The van der Waals surface area contributed by atoms with Crippen LogP contribution in [0.2, 0.25) is 0 Å². The molecule has 1 heterocycles. The molecule has 0 radical (unpaired) electrons. The number of benzene rings is 2. The summed E-state index contributed by atoms with van der Waals surface area (Å²) >= 11 is 0. The molecule has 0 aliphatic carbocycles. The summed E-state index contributed by atoms with van der Waals surface area (Å²) in [6.45, 7) is 0. The largest absolute Gasteiger partial charge is 0.480 e. The zero-order chi connectivity index (χ0) is 22.1. The van der Waals surface area contributed by atoms with Gasteiger partial charge in [-0.15, -0.1) is 0 Å². The highest BCUT2D eigenvalue weighted by molar-refractivity contribution is 5.96. The summed E-state index contributed by atoms with van der Waals surface area (Å²) in [6.07, 6.45) is 4.42. The summed E-state index contributed by atoms with van der Waals surface area (Å²) < 4.78 is 0. The van der Waals surface area contributed by atoms with Crippen LogP contribution in [0.3, 0.4) is 0 Å². The van der Waals surface area contributed by atoms with E-state index in [1.165, 1.54) is 18.6 Å². The fourth-order valence-corrected chi connectivity index (χ4v) is 3.03. The minimum absolute atomic E-state index is 0.0624. The number of carbonyl (C=O) groups excluding carboxylic acids is 2. The van der Waals surface area contributed by atoms with E-state index in [9.17, 15) is 19.5 Å². The number of nitrogens with zero attached hydrogens (tertiary/aromatic N) is 2. The molecule has 158 valence electrons. The van der Waals surface area contributed by atoms with Gasteiger partial charge in [0.1, 0.15) is 17.8 Å². The number of aromatic nitrogens is 2. The highest BCUT2D eigenvalue weighted by Crippen LogP contribution is 2.07. The molecule has 8 heteroatoms. The lowest BCUT2D eigenvalue weighted by molar-refractivity contribution is -0.142. The molecular formula is C23H22N4O4. The van der Waals surface area contributed by atoms with Crippen LogP contribution in [0.1, 0.15) is 21.6 Å². The van der Waals surface area contributed by atoms with Gasteiger partial charge in [0.05, 0.1) is 6.20 Å². The first-order valence-electron chi connectivity index (χ1n) is 9.71. The van der Waals surface area contributed by atoms with Crippen molar-refractivity contribution in [2.24, 2.45) is 0 Å². The zero-order valence-electron chi connectivity index (χ0n) is 16.6. The molecule has 2 aromatic carbocycles. The van der Waals surface area contributed by atoms with Crippen LogP contribution in [0.4, 0.5) is 0 Å². The summed E-state index contributed by atoms with van der Waals surface area (Å²) in [5, 5.41) is 14.8. The van der Waals surface area contributed by atoms with Crippen LogP contribution < -0.4 is 10.6 Å². The number of carboxylic acid groups (broad SMARTS) is 1. The molecule has 8 nitrogen and oxygen atoms in total. The number of amides is 2. The predicted octanol–water partition coefficient (Wildman–Crippen LogP) is 1.63. The quantitative estimate of drug-likeness (QED) is 0.486. The van der Waals surface area contributed by atoms with Crippen LogP contribution >= 0.6 is 0 Å². The molecule has 3 aromatic rings. The number of carboxylic acids is 1. The second kappa shape index (κ2) is 10.6. The van der Waals surface area contributed by atoms with Crippen LogP contribution in [-0.4, -0.2) is 44.9 Å². The second-order valence-corrected chi connectivity index (χ2v) is 6.90. The van der Waals surface area contributed by atoms with Crippen molar-refractivity contribution >= 4 is 17.8 Å². The van der Waals surface area contributed by atoms with Crippen molar-refractivity contribution in [2.45, 2.75) is 24.9 Å². The second-order valence-electron chi connectivity index (χ2n) is 6.90. The summed E-state index contributed by atoms with van der Waals surface area (Å²) in [7, 11) is 0. The van der Waals surface area contributed by atoms with Gasteiger partial charge in [-0.25, -0.2) is 9.78 Å². The van der Waals surface area contributed by atoms with Crippen LogP contribution in [0, 0.1) is 0 Å². The third-order valence-corrected chi connectivity index (χ3v) is 4.60. The van der Waals surface area contributed by atoms with Gasteiger partial charge >= 0.3 is 5.97 Å². The molecule has 3 rings (SSSR count). The number of hydrogen-bond acceptors (Lipinski definition) is 5. The predicted molar refractivity (Wildman–Crippen MR) is 113 cm³/mol. The lowest BCUT2D eigenvalue weighted by Crippen LogP contribution is -2.53. The van der Waals surface area contributed by atoms with Crippen molar-refractivity contribution in [3.8, 4) is 0 Å². The molecule has 0 spiro atoms. The Balaban J connectivity index is 1.76. The van der Waals surface area contributed by atoms with Crippen molar-refractivity contribution < 1.29 is 19.5 Å². The Bertz CT molecular complexity index is 1010. The molecule has 0 aliphatic rings. The third-order valence-electron chi connectivity index (χ3n) is 4.60. The van der Waals surface area contributed by atoms with Gasteiger partial charge in [0.15, 0.2) is 0 Å². The number of rotatable bonds is 9. The first-order chi connectivity index (χ1) is 15.0. The molecule has 0 fully saturated rings. The van der Waals surface area contributed by atoms with Gasteiger partial charge in [-0.3, -0.25) is 14.6 Å². The van der Waals surface area contributed by atoms with E-state index in [-0.39, 0.29) is 18.5 Å². The molecule has 0 saturated carbocycles. The Hall–Kier alpha value is -4.07. The molecule has 3 N–H and O–H groups in total. The minimum Gasteiger partial charge on any atom is -0.480 e. The maximum absolute atomic E-state index is 13.0. The first-order valence-corrected chi connectivity index (χ1v) is 9.71. The Morgan fingerprint density at radius 2 is 1.39 bits per heavy atom. The molecule has 1 aromatic heterocycles. The fourth-order valence-electron chi connectivity index (χ4n) is 3.03.